The van der Waals surface area contributed by atoms with E-state index in [0.717, 1.165) is 11.8 Å². The van der Waals surface area contributed by atoms with Gasteiger partial charge in [-0.05, 0) is 24.7 Å². The van der Waals surface area contributed by atoms with Gasteiger partial charge in [0.25, 0.3) is 0 Å². The highest BCUT2D eigenvalue weighted by molar-refractivity contribution is 4.76. The highest BCUT2D eigenvalue weighted by atomic mass is 14.6. The maximum absolute atomic E-state index is 5.86. The van der Waals surface area contributed by atoms with Crippen LogP contribution in [-0.2, 0) is 0 Å². The Morgan fingerprint density at radius 1 is 1.40 bits per heavy atom. The lowest BCUT2D eigenvalue weighted by Crippen LogP contribution is -2.29. The fourth-order valence-corrected chi connectivity index (χ4v) is 1.87. The highest BCUT2D eigenvalue weighted by Gasteiger charge is 2.21. The Balaban J connectivity index is 0.000001000. The average Bonchev–Trinajstić information content (AvgIpc) is 1.88. The summed E-state index contributed by atoms with van der Waals surface area (Å²) in [5.41, 5.74) is 5.86. The Bertz CT molecular complexity index is 104. The molecule has 2 unspecified atom stereocenters. The molecule has 0 aromatic heterocycles. The van der Waals surface area contributed by atoms with Crippen LogP contribution < -0.4 is 5.73 Å². The molecule has 1 aliphatic rings. The molecule has 1 nitrogen and oxygen atoms in total. The van der Waals surface area contributed by atoms with E-state index in [0.29, 0.717) is 6.04 Å². The Hall–Kier alpha value is -0.0400. The van der Waals surface area contributed by atoms with Crippen LogP contribution in [0.5, 0.6) is 0 Å². The standard InChI is InChI=1S/C9H19N.H2/c1-7(2)8-4-3-5-9(10)6-8;/h7-9H,3-6,10H2,1-2H3;1H. The minimum atomic E-state index is 0. The monoisotopic (exact) mass is 143 g/mol. The summed E-state index contributed by atoms with van der Waals surface area (Å²) >= 11 is 0. The smallest absolute Gasteiger partial charge is 0.00415 e. The van der Waals surface area contributed by atoms with Gasteiger partial charge in [-0.15, -0.1) is 0 Å². The maximum Gasteiger partial charge on any atom is 0.00415 e. The fourth-order valence-electron chi connectivity index (χ4n) is 1.87. The molecular formula is C9H21N. The van der Waals surface area contributed by atoms with Crippen LogP contribution in [-0.4, -0.2) is 6.04 Å². The second-order valence-electron chi connectivity index (χ2n) is 3.93. The number of hydrogen-bond acceptors (Lipinski definition) is 1. The van der Waals surface area contributed by atoms with E-state index >= 15 is 0 Å². The van der Waals surface area contributed by atoms with Crippen molar-refractivity contribution in [2.24, 2.45) is 17.6 Å². The molecule has 1 fully saturated rings. The molecule has 1 heteroatoms. The molecule has 0 aromatic rings. The first kappa shape index (κ1) is 8.06. The van der Waals surface area contributed by atoms with Crippen molar-refractivity contribution in [1.82, 2.24) is 0 Å². The van der Waals surface area contributed by atoms with E-state index in [1.54, 1.807) is 0 Å². The van der Waals surface area contributed by atoms with Gasteiger partial charge in [0.05, 0.1) is 0 Å². The van der Waals surface area contributed by atoms with Gasteiger partial charge in [0.2, 0.25) is 0 Å². The van der Waals surface area contributed by atoms with Crippen LogP contribution in [0.1, 0.15) is 41.0 Å². The van der Waals surface area contributed by atoms with Gasteiger partial charge in [0, 0.05) is 7.47 Å². The quantitative estimate of drug-likeness (QED) is 0.599. The largest absolute Gasteiger partial charge is 0.328 e. The lowest BCUT2D eigenvalue weighted by molar-refractivity contribution is 0.255. The molecule has 0 spiro atoms. The zero-order valence-corrected chi connectivity index (χ0v) is 7.14. The minimum Gasteiger partial charge on any atom is -0.328 e. The Kier molecular flexibility index (Phi) is 2.72. The number of rotatable bonds is 1. The molecular weight excluding hydrogens is 122 g/mol. The van der Waals surface area contributed by atoms with Crippen LogP contribution in [0.3, 0.4) is 0 Å². The SMILES string of the molecule is CC(C)C1CCCC(N)C1.[HH]. The van der Waals surface area contributed by atoms with Crippen molar-refractivity contribution in [2.45, 2.75) is 45.6 Å². The molecule has 0 amide bonds. The Labute approximate surface area is 65.5 Å². The third-order valence-electron chi connectivity index (χ3n) is 2.70. The second-order valence-corrected chi connectivity index (χ2v) is 3.93. The van der Waals surface area contributed by atoms with E-state index in [1.807, 2.05) is 0 Å². The highest BCUT2D eigenvalue weighted by Crippen LogP contribution is 2.28. The van der Waals surface area contributed by atoms with Crippen LogP contribution >= 0.6 is 0 Å². The molecule has 1 aliphatic carbocycles. The molecule has 10 heavy (non-hydrogen) atoms. The van der Waals surface area contributed by atoms with Crippen molar-refractivity contribution >= 4 is 0 Å². The van der Waals surface area contributed by atoms with Crippen LogP contribution in [0.2, 0.25) is 0 Å². The van der Waals surface area contributed by atoms with Crippen LogP contribution in [0, 0.1) is 11.8 Å². The molecule has 2 atom stereocenters. The topological polar surface area (TPSA) is 26.0 Å². The van der Waals surface area contributed by atoms with E-state index in [2.05, 4.69) is 13.8 Å². The molecule has 1 saturated carbocycles. The van der Waals surface area contributed by atoms with Gasteiger partial charge in [-0.1, -0.05) is 26.7 Å². The van der Waals surface area contributed by atoms with Gasteiger partial charge in [0.1, 0.15) is 0 Å². The molecule has 0 aliphatic heterocycles. The van der Waals surface area contributed by atoms with Crippen molar-refractivity contribution in [1.29, 1.82) is 0 Å². The predicted molar refractivity (Wildman–Crippen MR) is 46.9 cm³/mol. The van der Waals surface area contributed by atoms with Crippen LogP contribution in [0.4, 0.5) is 0 Å². The summed E-state index contributed by atoms with van der Waals surface area (Å²) in [6.07, 6.45) is 5.27. The summed E-state index contributed by atoms with van der Waals surface area (Å²) in [6, 6.07) is 0.501. The fraction of sp³-hybridized carbons (Fsp3) is 1.00. The lowest BCUT2D eigenvalue weighted by Gasteiger charge is -2.29. The average molecular weight is 143 g/mol. The summed E-state index contributed by atoms with van der Waals surface area (Å²) in [5.74, 6) is 1.75. The molecule has 0 saturated heterocycles. The summed E-state index contributed by atoms with van der Waals surface area (Å²) in [5, 5.41) is 0. The van der Waals surface area contributed by atoms with Gasteiger partial charge >= 0.3 is 0 Å². The van der Waals surface area contributed by atoms with Crippen molar-refractivity contribution in [3.8, 4) is 0 Å². The Morgan fingerprint density at radius 3 is 2.50 bits per heavy atom. The normalized spacial score (nSPS) is 34.8. The van der Waals surface area contributed by atoms with E-state index in [-0.39, 0.29) is 1.43 Å². The van der Waals surface area contributed by atoms with Gasteiger partial charge < -0.3 is 5.73 Å². The zero-order valence-electron chi connectivity index (χ0n) is 7.14. The zero-order chi connectivity index (χ0) is 7.56. The van der Waals surface area contributed by atoms with Gasteiger partial charge in [-0.2, -0.15) is 0 Å². The molecule has 2 N–H and O–H groups in total. The van der Waals surface area contributed by atoms with Crippen molar-refractivity contribution in [2.75, 3.05) is 0 Å². The van der Waals surface area contributed by atoms with Crippen molar-refractivity contribution in [3.63, 3.8) is 0 Å². The lowest BCUT2D eigenvalue weighted by atomic mass is 9.80. The molecule has 0 radical (unpaired) electrons. The third kappa shape index (κ3) is 1.98. The van der Waals surface area contributed by atoms with Crippen LogP contribution in [0.25, 0.3) is 0 Å². The first-order valence-corrected chi connectivity index (χ1v) is 4.45. The van der Waals surface area contributed by atoms with E-state index in [9.17, 15) is 0 Å². The summed E-state index contributed by atoms with van der Waals surface area (Å²) in [7, 11) is 0. The first-order valence-electron chi connectivity index (χ1n) is 4.45. The minimum absolute atomic E-state index is 0. The molecule has 0 bridgehead atoms. The molecule has 0 heterocycles. The number of hydrogen-bond donors (Lipinski definition) is 1. The molecule has 1 rings (SSSR count). The van der Waals surface area contributed by atoms with Crippen LogP contribution in [0.15, 0.2) is 0 Å². The summed E-state index contributed by atoms with van der Waals surface area (Å²) in [6.45, 7) is 4.62. The van der Waals surface area contributed by atoms with E-state index in [1.165, 1.54) is 25.7 Å². The third-order valence-corrected chi connectivity index (χ3v) is 2.70. The first-order chi connectivity index (χ1) is 4.70. The van der Waals surface area contributed by atoms with Gasteiger partial charge in [-0.25, -0.2) is 0 Å². The molecule has 0 aromatic carbocycles. The second kappa shape index (κ2) is 3.38. The summed E-state index contributed by atoms with van der Waals surface area (Å²) in [4.78, 5) is 0. The Morgan fingerprint density at radius 2 is 2.10 bits per heavy atom. The van der Waals surface area contributed by atoms with Gasteiger partial charge in [-0.3, -0.25) is 0 Å². The van der Waals surface area contributed by atoms with E-state index in [4.69, 9.17) is 5.73 Å². The van der Waals surface area contributed by atoms with Crippen molar-refractivity contribution in [3.05, 3.63) is 0 Å². The predicted octanol–water partition coefficient (Wildman–Crippen LogP) is 2.41. The maximum atomic E-state index is 5.86. The van der Waals surface area contributed by atoms with E-state index < -0.39 is 0 Å². The van der Waals surface area contributed by atoms with Crippen molar-refractivity contribution < 1.29 is 1.43 Å². The number of nitrogens with two attached hydrogens (primary N) is 1. The summed E-state index contributed by atoms with van der Waals surface area (Å²) < 4.78 is 0. The molecule has 62 valence electrons. The van der Waals surface area contributed by atoms with Gasteiger partial charge in [0.15, 0.2) is 0 Å².